The highest BCUT2D eigenvalue weighted by Crippen LogP contribution is 2.28. The lowest BCUT2D eigenvalue weighted by Crippen LogP contribution is -2.37. The first kappa shape index (κ1) is 13.0. The van der Waals surface area contributed by atoms with Gasteiger partial charge in [-0.15, -0.1) is 0 Å². The van der Waals surface area contributed by atoms with Crippen LogP contribution in [-0.4, -0.2) is 34.5 Å². The molecular formula is C12H11BrFNO3. The van der Waals surface area contributed by atoms with E-state index in [1.54, 1.807) is 6.07 Å². The molecule has 1 aromatic carbocycles. The number of nitrogens with zero attached hydrogens (tertiary/aromatic N) is 1. The molecule has 0 unspecified atom stereocenters. The Kier molecular flexibility index (Phi) is 3.65. The van der Waals surface area contributed by atoms with E-state index in [2.05, 4.69) is 15.9 Å². The summed E-state index contributed by atoms with van der Waals surface area (Å²) in [6.45, 7) is -0.390. The average molecular weight is 316 g/mol. The number of carboxylic acid groups (broad SMARTS) is 1. The monoisotopic (exact) mass is 315 g/mol. The summed E-state index contributed by atoms with van der Waals surface area (Å²) in [5.74, 6) is -2.30. The molecule has 0 aromatic heterocycles. The number of carbonyl (C=O) groups is 2. The molecule has 1 amide bonds. The Labute approximate surface area is 112 Å². The summed E-state index contributed by atoms with van der Waals surface area (Å²) in [7, 11) is 0. The average Bonchev–Trinajstić information content (AvgIpc) is 3.08. The second kappa shape index (κ2) is 5.06. The van der Waals surface area contributed by atoms with Crippen LogP contribution >= 0.6 is 15.9 Å². The molecule has 1 aliphatic carbocycles. The van der Waals surface area contributed by atoms with Crippen molar-refractivity contribution in [3.63, 3.8) is 0 Å². The molecule has 0 spiro atoms. The number of hydrogen-bond acceptors (Lipinski definition) is 2. The Morgan fingerprint density at radius 2 is 2.11 bits per heavy atom. The molecule has 96 valence electrons. The third kappa shape index (κ3) is 2.87. The second-order valence-corrected chi connectivity index (χ2v) is 5.10. The summed E-state index contributed by atoms with van der Waals surface area (Å²) >= 11 is 3.10. The maximum Gasteiger partial charge on any atom is 0.323 e. The molecule has 6 heteroatoms. The SMILES string of the molecule is O=C(O)CN(C(=O)c1ccc(Br)cc1F)C1CC1. The van der Waals surface area contributed by atoms with E-state index in [0.717, 1.165) is 12.8 Å². The smallest absolute Gasteiger partial charge is 0.323 e. The van der Waals surface area contributed by atoms with Crippen LogP contribution in [0.5, 0.6) is 0 Å². The van der Waals surface area contributed by atoms with Crippen molar-refractivity contribution in [2.75, 3.05) is 6.54 Å². The standard InChI is InChI=1S/C12H11BrFNO3/c13-7-1-4-9(10(14)5-7)12(18)15(6-11(16)17)8-2-3-8/h1,4-5,8H,2-3,6H2,(H,16,17). The first-order valence-electron chi connectivity index (χ1n) is 5.47. The fraction of sp³-hybridized carbons (Fsp3) is 0.333. The molecule has 1 aromatic rings. The Morgan fingerprint density at radius 3 is 2.61 bits per heavy atom. The van der Waals surface area contributed by atoms with E-state index in [1.165, 1.54) is 17.0 Å². The molecule has 0 heterocycles. The molecule has 1 saturated carbocycles. The highest BCUT2D eigenvalue weighted by atomic mass is 79.9. The van der Waals surface area contributed by atoms with Gasteiger partial charge in [0.25, 0.3) is 5.91 Å². The zero-order valence-electron chi connectivity index (χ0n) is 9.40. The van der Waals surface area contributed by atoms with E-state index >= 15 is 0 Å². The van der Waals surface area contributed by atoms with Crippen LogP contribution in [0.1, 0.15) is 23.2 Å². The summed E-state index contributed by atoms with van der Waals surface area (Å²) in [5, 5.41) is 8.77. The molecule has 1 N–H and O–H groups in total. The van der Waals surface area contributed by atoms with E-state index in [1.807, 2.05) is 0 Å². The molecular weight excluding hydrogens is 305 g/mol. The second-order valence-electron chi connectivity index (χ2n) is 4.18. The predicted octanol–water partition coefficient (Wildman–Crippen LogP) is 2.28. The Bertz CT molecular complexity index is 502. The zero-order chi connectivity index (χ0) is 13.3. The lowest BCUT2D eigenvalue weighted by atomic mass is 10.2. The van der Waals surface area contributed by atoms with E-state index in [9.17, 15) is 14.0 Å². The molecule has 0 saturated heterocycles. The third-order valence-corrected chi connectivity index (χ3v) is 3.21. The number of carbonyl (C=O) groups excluding carboxylic acids is 1. The van der Waals surface area contributed by atoms with Crippen LogP contribution in [0.3, 0.4) is 0 Å². The van der Waals surface area contributed by atoms with Crippen molar-refractivity contribution < 1.29 is 19.1 Å². The molecule has 0 atom stereocenters. The summed E-state index contributed by atoms with van der Waals surface area (Å²) in [6.07, 6.45) is 1.55. The molecule has 2 rings (SSSR count). The van der Waals surface area contributed by atoms with Gasteiger partial charge >= 0.3 is 5.97 Å². The van der Waals surface area contributed by atoms with Crippen LogP contribution in [0.2, 0.25) is 0 Å². The summed E-state index contributed by atoms with van der Waals surface area (Å²) in [5.41, 5.74) is -0.0913. The molecule has 18 heavy (non-hydrogen) atoms. The number of hydrogen-bond donors (Lipinski definition) is 1. The van der Waals surface area contributed by atoms with Crippen LogP contribution < -0.4 is 0 Å². The summed E-state index contributed by atoms with van der Waals surface area (Å²) < 4.78 is 14.2. The quantitative estimate of drug-likeness (QED) is 0.927. The van der Waals surface area contributed by atoms with Gasteiger partial charge in [0.05, 0.1) is 5.56 Å². The Hall–Kier alpha value is -1.43. The fourth-order valence-electron chi connectivity index (χ4n) is 1.72. The number of benzene rings is 1. The Morgan fingerprint density at radius 1 is 1.44 bits per heavy atom. The van der Waals surface area contributed by atoms with Crippen LogP contribution in [0.25, 0.3) is 0 Å². The van der Waals surface area contributed by atoms with Gasteiger partial charge in [0.1, 0.15) is 12.4 Å². The summed E-state index contributed by atoms with van der Waals surface area (Å²) in [6, 6.07) is 4.04. The lowest BCUT2D eigenvalue weighted by Gasteiger charge is -2.20. The van der Waals surface area contributed by atoms with E-state index < -0.39 is 17.7 Å². The normalized spacial score (nSPS) is 14.3. The van der Waals surface area contributed by atoms with Gasteiger partial charge in [0, 0.05) is 10.5 Å². The number of rotatable bonds is 4. The first-order valence-corrected chi connectivity index (χ1v) is 6.26. The van der Waals surface area contributed by atoms with Gasteiger partial charge in [0.15, 0.2) is 0 Å². The molecule has 0 aliphatic heterocycles. The van der Waals surface area contributed by atoms with Gasteiger partial charge in [-0.05, 0) is 31.0 Å². The van der Waals surface area contributed by atoms with Crippen LogP contribution in [0.15, 0.2) is 22.7 Å². The molecule has 0 radical (unpaired) electrons. The largest absolute Gasteiger partial charge is 0.480 e. The molecule has 0 bridgehead atoms. The van der Waals surface area contributed by atoms with E-state index in [4.69, 9.17) is 5.11 Å². The number of amides is 1. The maximum absolute atomic E-state index is 13.7. The van der Waals surface area contributed by atoms with Crippen LogP contribution in [-0.2, 0) is 4.79 Å². The van der Waals surface area contributed by atoms with Crippen molar-refractivity contribution in [2.45, 2.75) is 18.9 Å². The molecule has 4 nitrogen and oxygen atoms in total. The highest BCUT2D eigenvalue weighted by molar-refractivity contribution is 9.10. The van der Waals surface area contributed by atoms with Gasteiger partial charge < -0.3 is 10.0 Å². The van der Waals surface area contributed by atoms with Crippen molar-refractivity contribution in [3.05, 3.63) is 34.1 Å². The van der Waals surface area contributed by atoms with Crippen molar-refractivity contribution in [3.8, 4) is 0 Å². The topological polar surface area (TPSA) is 57.6 Å². The van der Waals surface area contributed by atoms with Crippen molar-refractivity contribution in [2.24, 2.45) is 0 Å². The highest BCUT2D eigenvalue weighted by Gasteiger charge is 2.35. The van der Waals surface area contributed by atoms with Gasteiger partial charge in [-0.1, -0.05) is 15.9 Å². The number of halogens is 2. The molecule has 1 aliphatic rings. The van der Waals surface area contributed by atoms with E-state index in [0.29, 0.717) is 4.47 Å². The van der Waals surface area contributed by atoms with Gasteiger partial charge in [0.2, 0.25) is 0 Å². The fourth-order valence-corrected chi connectivity index (χ4v) is 2.05. The first-order chi connectivity index (χ1) is 8.49. The van der Waals surface area contributed by atoms with Crippen molar-refractivity contribution in [1.82, 2.24) is 4.90 Å². The Balaban J connectivity index is 2.24. The minimum atomic E-state index is -1.09. The maximum atomic E-state index is 13.7. The number of aliphatic carboxylic acids is 1. The lowest BCUT2D eigenvalue weighted by molar-refractivity contribution is -0.137. The minimum Gasteiger partial charge on any atom is -0.480 e. The van der Waals surface area contributed by atoms with Crippen molar-refractivity contribution in [1.29, 1.82) is 0 Å². The zero-order valence-corrected chi connectivity index (χ0v) is 11.0. The number of carboxylic acids is 1. The summed E-state index contributed by atoms with van der Waals surface area (Å²) in [4.78, 5) is 24.0. The van der Waals surface area contributed by atoms with Crippen molar-refractivity contribution >= 4 is 27.8 Å². The molecule has 1 fully saturated rings. The van der Waals surface area contributed by atoms with Crippen LogP contribution in [0.4, 0.5) is 4.39 Å². The van der Waals surface area contributed by atoms with Crippen LogP contribution in [0, 0.1) is 5.82 Å². The van der Waals surface area contributed by atoms with E-state index in [-0.39, 0.29) is 18.2 Å². The van der Waals surface area contributed by atoms with Gasteiger partial charge in [-0.2, -0.15) is 0 Å². The minimum absolute atomic E-state index is 0.0725. The van der Waals surface area contributed by atoms with Gasteiger partial charge in [-0.25, -0.2) is 4.39 Å². The predicted molar refractivity (Wildman–Crippen MR) is 65.8 cm³/mol. The van der Waals surface area contributed by atoms with Gasteiger partial charge in [-0.3, -0.25) is 9.59 Å². The third-order valence-electron chi connectivity index (χ3n) is 2.72.